The van der Waals surface area contributed by atoms with E-state index in [1.54, 1.807) is 0 Å². The lowest BCUT2D eigenvalue weighted by atomic mass is 9.61. The van der Waals surface area contributed by atoms with Crippen molar-refractivity contribution in [2.75, 3.05) is 0 Å². The number of benzene rings is 2. The lowest BCUT2D eigenvalue weighted by molar-refractivity contribution is 0.182. The van der Waals surface area contributed by atoms with Crippen molar-refractivity contribution in [1.29, 1.82) is 0 Å². The molecule has 0 radical (unpaired) electrons. The van der Waals surface area contributed by atoms with Gasteiger partial charge in [-0.2, -0.15) is 0 Å². The zero-order valence-corrected chi connectivity index (χ0v) is 16.3. The summed E-state index contributed by atoms with van der Waals surface area (Å²) in [6.45, 7) is 15.6. The molecule has 4 rings (SSSR count). The lowest BCUT2D eigenvalue weighted by Gasteiger charge is -2.41. The molecule has 2 aromatic rings. The van der Waals surface area contributed by atoms with Crippen molar-refractivity contribution >= 4 is 0 Å². The Hall–Kier alpha value is -1.96. The van der Waals surface area contributed by atoms with Gasteiger partial charge >= 0.3 is 0 Å². The third-order valence-corrected chi connectivity index (χ3v) is 7.20. The van der Waals surface area contributed by atoms with Crippen LogP contribution in [0, 0.1) is 19.8 Å². The smallest absolute Gasteiger partial charge is 0.118 e. The molecule has 0 atom stereocenters. The van der Waals surface area contributed by atoms with E-state index >= 15 is 0 Å². The molecular weight excluding hydrogens is 308 g/mol. The summed E-state index contributed by atoms with van der Waals surface area (Å²) in [5.74, 6) is 1.08. The normalized spacial score (nSPS) is 27.7. The zero-order valence-electron chi connectivity index (χ0n) is 16.3. The van der Waals surface area contributed by atoms with Crippen LogP contribution in [0.15, 0.2) is 24.3 Å². The van der Waals surface area contributed by atoms with Crippen molar-refractivity contribution in [1.82, 2.24) is 0 Å². The van der Waals surface area contributed by atoms with Gasteiger partial charge in [0, 0.05) is 5.41 Å². The number of rotatable bonds is 0. The van der Waals surface area contributed by atoms with E-state index in [1.807, 2.05) is 26.0 Å². The maximum atomic E-state index is 10.4. The molecule has 0 aliphatic heterocycles. The predicted octanol–water partition coefficient (Wildman–Crippen LogP) is 5.22. The van der Waals surface area contributed by atoms with Crippen LogP contribution in [0.5, 0.6) is 11.5 Å². The van der Waals surface area contributed by atoms with E-state index in [2.05, 4.69) is 46.8 Å². The van der Waals surface area contributed by atoms with Gasteiger partial charge in [-0.25, -0.2) is 0 Å². The van der Waals surface area contributed by atoms with E-state index in [9.17, 15) is 10.2 Å². The molecule has 0 saturated carbocycles. The van der Waals surface area contributed by atoms with Gasteiger partial charge in [0.25, 0.3) is 0 Å². The summed E-state index contributed by atoms with van der Waals surface area (Å²) in [5.41, 5.74) is 6.68. The minimum Gasteiger partial charge on any atom is -0.508 e. The van der Waals surface area contributed by atoms with Gasteiger partial charge in [-0.05, 0) is 76.1 Å². The largest absolute Gasteiger partial charge is 0.508 e. The van der Waals surface area contributed by atoms with Gasteiger partial charge in [0.15, 0.2) is 0 Å². The second-order valence-corrected chi connectivity index (χ2v) is 9.45. The fourth-order valence-electron chi connectivity index (χ4n) is 6.43. The first-order valence-electron chi connectivity index (χ1n) is 9.12. The van der Waals surface area contributed by atoms with Gasteiger partial charge in [-0.1, -0.05) is 46.8 Å². The Morgan fingerprint density at radius 3 is 1.36 bits per heavy atom. The van der Waals surface area contributed by atoms with Crippen LogP contribution < -0.4 is 0 Å². The predicted molar refractivity (Wildman–Crippen MR) is 102 cm³/mol. The van der Waals surface area contributed by atoms with E-state index in [0.29, 0.717) is 17.4 Å². The summed E-state index contributed by atoms with van der Waals surface area (Å²) in [7, 11) is 0. The van der Waals surface area contributed by atoms with E-state index in [-0.39, 0.29) is 16.2 Å². The topological polar surface area (TPSA) is 40.5 Å². The van der Waals surface area contributed by atoms with Crippen molar-refractivity contribution < 1.29 is 10.2 Å². The number of fused-ring (bicyclic) bond motifs is 5. The van der Waals surface area contributed by atoms with E-state index in [1.165, 1.54) is 22.3 Å². The molecule has 0 saturated heterocycles. The van der Waals surface area contributed by atoms with E-state index in [0.717, 1.165) is 11.1 Å². The molecule has 2 heteroatoms. The molecule has 2 aliphatic carbocycles. The second kappa shape index (κ2) is 4.41. The first kappa shape index (κ1) is 16.5. The number of phenols is 2. The molecule has 0 amide bonds. The van der Waals surface area contributed by atoms with Crippen LogP contribution in [0.25, 0.3) is 0 Å². The van der Waals surface area contributed by atoms with Crippen LogP contribution in [0.1, 0.15) is 68.0 Å². The molecule has 132 valence electrons. The summed E-state index contributed by atoms with van der Waals surface area (Å²) in [4.78, 5) is 0. The molecule has 2 N–H and O–H groups in total. The molecular formula is C23H28O2. The Bertz CT molecular complexity index is 847. The number of aryl methyl sites for hydroxylation is 2. The quantitative estimate of drug-likeness (QED) is 0.692. The van der Waals surface area contributed by atoms with Crippen molar-refractivity contribution in [3.8, 4) is 11.5 Å². The highest BCUT2D eigenvalue weighted by molar-refractivity contribution is 5.66. The monoisotopic (exact) mass is 336 g/mol. The summed E-state index contributed by atoms with van der Waals surface area (Å²) in [6, 6.07) is 8.26. The standard InChI is InChI=1S/C23H28O2/c1-12-8-14-16(10-18(12)24)23(7)17-11-19(25)13(2)9-15(17)22(5,6)20(23)21(14,3)4/h8-11,20,24-25H,1-7H3. The highest BCUT2D eigenvalue weighted by Gasteiger charge is 2.65. The van der Waals surface area contributed by atoms with Crippen LogP contribution in [0.4, 0.5) is 0 Å². The fourth-order valence-corrected chi connectivity index (χ4v) is 6.43. The third kappa shape index (κ3) is 1.71. The first-order chi connectivity index (χ1) is 11.4. The molecule has 0 aromatic heterocycles. The fraction of sp³-hybridized carbons (Fsp3) is 0.478. The summed E-state index contributed by atoms with van der Waals surface area (Å²) in [5, 5.41) is 20.8. The third-order valence-electron chi connectivity index (χ3n) is 7.20. The summed E-state index contributed by atoms with van der Waals surface area (Å²) < 4.78 is 0. The second-order valence-electron chi connectivity index (χ2n) is 9.45. The minimum absolute atomic E-state index is 0.0193. The van der Waals surface area contributed by atoms with Crippen LogP contribution in [-0.4, -0.2) is 10.2 Å². The molecule has 0 bridgehead atoms. The summed E-state index contributed by atoms with van der Waals surface area (Å²) >= 11 is 0. The van der Waals surface area contributed by atoms with Crippen LogP contribution in [0.2, 0.25) is 0 Å². The molecule has 2 nitrogen and oxygen atoms in total. The Labute approximate surface area is 150 Å². The minimum atomic E-state index is -0.214. The molecule has 0 spiro atoms. The van der Waals surface area contributed by atoms with Gasteiger partial charge in [0.05, 0.1) is 0 Å². The maximum Gasteiger partial charge on any atom is 0.118 e. The van der Waals surface area contributed by atoms with E-state index in [4.69, 9.17) is 0 Å². The van der Waals surface area contributed by atoms with Crippen LogP contribution in [-0.2, 0) is 16.2 Å². The average molecular weight is 336 g/mol. The number of phenolic OH excluding ortho intramolecular Hbond substituents is 2. The Kier molecular flexibility index (Phi) is 2.91. The number of hydrogen-bond donors (Lipinski definition) is 2. The Morgan fingerprint density at radius 2 is 1.00 bits per heavy atom. The Balaban J connectivity index is 2.15. The highest BCUT2D eigenvalue weighted by Crippen LogP contribution is 2.68. The SMILES string of the molecule is Cc1cc2c(cc1O)C1(C)c3cc(O)c(C)cc3C(C)(C)C1C2(C)C. The van der Waals surface area contributed by atoms with E-state index < -0.39 is 0 Å². The van der Waals surface area contributed by atoms with Crippen LogP contribution >= 0.6 is 0 Å². The first-order valence-corrected chi connectivity index (χ1v) is 9.12. The molecule has 0 heterocycles. The molecule has 25 heavy (non-hydrogen) atoms. The molecule has 0 fully saturated rings. The zero-order chi connectivity index (χ0) is 18.5. The highest BCUT2D eigenvalue weighted by atomic mass is 16.3. The van der Waals surface area contributed by atoms with Gasteiger partial charge in [-0.15, -0.1) is 0 Å². The molecule has 2 aliphatic rings. The van der Waals surface area contributed by atoms with Crippen molar-refractivity contribution in [3.05, 3.63) is 57.6 Å². The van der Waals surface area contributed by atoms with Crippen molar-refractivity contribution in [2.45, 2.75) is 64.7 Å². The molecule has 0 unspecified atom stereocenters. The van der Waals surface area contributed by atoms with Crippen LogP contribution in [0.3, 0.4) is 0 Å². The number of aromatic hydroxyl groups is 2. The van der Waals surface area contributed by atoms with Gasteiger partial charge in [-0.3, -0.25) is 0 Å². The van der Waals surface area contributed by atoms with Gasteiger partial charge in [0.1, 0.15) is 11.5 Å². The number of hydrogen-bond acceptors (Lipinski definition) is 2. The van der Waals surface area contributed by atoms with Gasteiger partial charge in [0.2, 0.25) is 0 Å². The molecule has 2 aromatic carbocycles. The van der Waals surface area contributed by atoms with Gasteiger partial charge < -0.3 is 10.2 Å². The lowest BCUT2D eigenvalue weighted by Crippen LogP contribution is -2.42. The van der Waals surface area contributed by atoms with Crippen molar-refractivity contribution in [2.24, 2.45) is 5.92 Å². The Morgan fingerprint density at radius 1 is 0.640 bits per heavy atom. The average Bonchev–Trinajstić information content (AvgIpc) is 2.78. The summed E-state index contributed by atoms with van der Waals surface area (Å²) in [6.07, 6.45) is 0. The van der Waals surface area contributed by atoms with Crippen molar-refractivity contribution in [3.63, 3.8) is 0 Å². The maximum absolute atomic E-state index is 10.4.